The summed E-state index contributed by atoms with van der Waals surface area (Å²) in [5.41, 5.74) is 0. The summed E-state index contributed by atoms with van der Waals surface area (Å²) in [5.74, 6) is -0.903. The van der Waals surface area contributed by atoms with Crippen LogP contribution < -0.4 is 0 Å². The highest BCUT2D eigenvalue weighted by Gasteiger charge is 2.19. The van der Waals surface area contributed by atoms with Crippen LogP contribution in [0.1, 0.15) is 329 Å². The van der Waals surface area contributed by atoms with Gasteiger partial charge in [-0.3, -0.25) is 14.4 Å². The molecule has 1 atom stereocenters. The van der Waals surface area contributed by atoms with E-state index >= 15 is 0 Å². The molecule has 0 amide bonds. The summed E-state index contributed by atoms with van der Waals surface area (Å²) < 4.78 is 16.9. The zero-order chi connectivity index (χ0) is 59.9. The van der Waals surface area contributed by atoms with E-state index in [-0.39, 0.29) is 31.1 Å². The average Bonchev–Trinajstić information content (AvgIpc) is 3.48. The molecule has 6 nitrogen and oxygen atoms in total. The Balaban J connectivity index is 4.31. The predicted molar refractivity (Wildman–Crippen MR) is 362 cm³/mol. The number of hydrogen-bond acceptors (Lipinski definition) is 6. The van der Waals surface area contributed by atoms with Crippen LogP contribution in [0.15, 0.2) is 122 Å². The van der Waals surface area contributed by atoms with Gasteiger partial charge in [0.05, 0.1) is 0 Å². The first-order valence-corrected chi connectivity index (χ1v) is 35.0. The summed E-state index contributed by atoms with van der Waals surface area (Å²) in [6.07, 6.45) is 97.9. The molecule has 1 unspecified atom stereocenters. The highest BCUT2D eigenvalue weighted by Crippen LogP contribution is 2.17. The number of allylic oxidation sites excluding steroid dienone is 20. The molecule has 0 fully saturated rings. The molecular weight excluding hydrogens is 1020 g/mol. The normalized spacial score (nSPS) is 12.9. The molecule has 0 bridgehead atoms. The van der Waals surface area contributed by atoms with Gasteiger partial charge in [-0.1, -0.05) is 316 Å². The van der Waals surface area contributed by atoms with Crippen molar-refractivity contribution in [3.8, 4) is 0 Å². The molecule has 0 N–H and O–H groups in total. The molecule has 0 aliphatic carbocycles. The van der Waals surface area contributed by atoms with E-state index in [0.717, 1.165) is 128 Å². The number of esters is 3. The summed E-state index contributed by atoms with van der Waals surface area (Å²) in [5, 5.41) is 0. The minimum atomic E-state index is -0.791. The molecule has 0 radical (unpaired) electrons. The van der Waals surface area contributed by atoms with Crippen molar-refractivity contribution in [3.05, 3.63) is 122 Å². The Morgan fingerprint density at radius 2 is 0.470 bits per heavy atom. The molecule has 0 aromatic carbocycles. The maximum atomic E-state index is 12.9. The maximum Gasteiger partial charge on any atom is 0.306 e. The molecule has 83 heavy (non-hydrogen) atoms. The van der Waals surface area contributed by atoms with Crippen LogP contribution in [0.5, 0.6) is 0 Å². The van der Waals surface area contributed by atoms with Crippen molar-refractivity contribution in [1.82, 2.24) is 0 Å². The van der Waals surface area contributed by atoms with Crippen LogP contribution in [0.25, 0.3) is 0 Å². The van der Waals surface area contributed by atoms with Crippen LogP contribution in [-0.2, 0) is 28.6 Å². The van der Waals surface area contributed by atoms with Crippen molar-refractivity contribution in [1.29, 1.82) is 0 Å². The van der Waals surface area contributed by atoms with Crippen molar-refractivity contribution in [3.63, 3.8) is 0 Å². The Morgan fingerprint density at radius 3 is 0.735 bits per heavy atom. The zero-order valence-electron chi connectivity index (χ0n) is 54.4. The summed E-state index contributed by atoms with van der Waals surface area (Å²) in [4.78, 5) is 38.4. The maximum absolute atomic E-state index is 12.9. The second-order valence-electron chi connectivity index (χ2n) is 23.1. The number of carbonyl (C=O) groups excluding carboxylic acids is 3. The van der Waals surface area contributed by atoms with Gasteiger partial charge in [-0.05, 0) is 116 Å². The lowest BCUT2D eigenvalue weighted by Gasteiger charge is -2.18. The second kappa shape index (κ2) is 70.3. The fourth-order valence-electron chi connectivity index (χ4n) is 9.73. The van der Waals surface area contributed by atoms with E-state index in [2.05, 4.69) is 142 Å². The standard InChI is InChI=1S/C77H130O6/c1-4-7-10-13-16-19-22-24-26-28-30-32-34-36-37-38-39-41-42-44-46-48-50-52-55-58-61-64-67-70-76(79)82-73-74(72-81-75(78)69-66-63-60-57-54-21-18-15-12-9-6-3)83-77(80)71-68-65-62-59-56-53-51-49-47-45-43-40-35-33-31-29-27-25-23-20-17-14-11-8-5-2/h7,10,16,19,23-26,29-32,36-37,39,41,44,46,50,52,74H,4-6,8-9,11-15,17-18,20-22,27-28,33-35,38,40,42-43,45,47-49,51,53-73H2,1-3H3/b10-7-,19-16-,25-23-,26-24-,31-29-,32-30-,37-36-,41-39-,46-44-,52-50-. The van der Waals surface area contributed by atoms with E-state index in [1.54, 1.807) is 0 Å². The summed E-state index contributed by atoms with van der Waals surface area (Å²) >= 11 is 0. The third kappa shape index (κ3) is 68.5. The first-order valence-electron chi connectivity index (χ1n) is 35.0. The van der Waals surface area contributed by atoms with Crippen LogP contribution in [-0.4, -0.2) is 37.2 Å². The van der Waals surface area contributed by atoms with Crippen LogP contribution in [0.2, 0.25) is 0 Å². The van der Waals surface area contributed by atoms with Crippen LogP contribution in [0, 0.1) is 0 Å². The van der Waals surface area contributed by atoms with Gasteiger partial charge in [-0.25, -0.2) is 0 Å². The number of ether oxygens (including phenoxy) is 3. The quantitative estimate of drug-likeness (QED) is 0.0261. The van der Waals surface area contributed by atoms with E-state index in [4.69, 9.17) is 14.2 Å². The zero-order valence-corrected chi connectivity index (χ0v) is 54.4. The van der Waals surface area contributed by atoms with Crippen molar-refractivity contribution < 1.29 is 28.6 Å². The third-order valence-electron chi connectivity index (χ3n) is 15.0. The molecule has 6 heteroatoms. The summed E-state index contributed by atoms with van der Waals surface area (Å²) in [6, 6.07) is 0. The van der Waals surface area contributed by atoms with E-state index < -0.39 is 6.10 Å². The Labute approximate surface area is 513 Å². The van der Waals surface area contributed by atoms with E-state index in [1.807, 2.05) is 0 Å². The van der Waals surface area contributed by atoms with Gasteiger partial charge >= 0.3 is 17.9 Å². The molecule has 0 aromatic rings. The van der Waals surface area contributed by atoms with Crippen LogP contribution >= 0.6 is 0 Å². The van der Waals surface area contributed by atoms with E-state index in [1.165, 1.54) is 161 Å². The van der Waals surface area contributed by atoms with E-state index in [0.29, 0.717) is 19.3 Å². The lowest BCUT2D eigenvalue weighted by Crippen LogP contribution is -2.30. The molecule has 0 aromatic heterocycles. The fourth-order valence-corrected chi connectivity index (χ4v) is 9.73. The minimum Gasteiger partial charge on any atom is -0.462 e. The van der Waals surface area contributed by atoms with Crippen molar-refractivity contribution in [2.24, 2.45) is 0 Å². The lowest BCUT2D eigenvalue weighted by atomic mass is 10.0. The number of hydrogen-bond donors (Lipinski definition) is 0. The highest BCUT2D eigenvalue weighted by atomic mass is 16.6. The molecule has 0 saturated heterocycles. The van der Waals surface area contributed by atoms with Gasteiger partial charge in [0.15, 0.2) is 6.10 Å². The topological polar surface area (TPSA) is 78.9 Å². The van der Waals surface area contributed by atoms with Gasteiger partial charge in [0.1, 0.15) is 13.2 Å². The first-order chi connectivity index (χ1) is 41.0. The number of rotatable bonds is 63. The van der Waals surface area contributed by atoms with E-state index in [9.17, 15) is 14.4 Å². The number of carbonyl (C=O) groups is 3. The predicted octanol–water partition coefficient (Wildman–Crippen LogP) is 24.3. The first kappa shape index (κ1) is 78.8. The smallest absolute Gasteiger partial charge is 0.306 e. The Bertz CT molecular complexity index is 1700. The Morgan fingerprint density at radius 1 is 0.253 bits per heavy atom. The SMILES string of the molecule is CC/C=C\C/C=C\C/C=C\C/C=C\C/C=C\C/C=C\C/C=C\C/C=C\CCCCCCC(=O)OCC(COC(=O)CCCCCCCCCCCCC)OC(=O)CCCCCCCCCCCCCCC/C=C\C/C=C\CCCCCCC. The molecular formula is C77H130O6. The Hall–Kier alpha value is -4.19. The minimum absolute atomic E-state index is 0.0854. The van der Waals surface area contributed by atoms with Crippen molar-refractivity contribution in [2.45, 2.75) is 335 Å². The Kier molecular flexibility index (Phi) is 66.7. The van der Waals surface area contributed by atoms with Gasteiger partial charge in [0.2, 0.25) is 0 Å². The van der Waals surface area contributed by atoms with Gasteiger partial charge in [-0.2, -0.15) is 0 Å². The molecule has 474 valence electrons. The average molecular weight is 1150 g/mol. The number of unbranched alkanes of at least 4 members (excludes halogenated alkanes) is 32. The van der Waals surface area contributed by atoms with Crippen molar-refractivity contribution >= 4 is 17.9 Å². The second-order valence-corrected chi connectivity index (χ2v) is 23.1. The third-order valence-corrected chi connectivity index (χ3v) is 15.0. The molecule has 0 rings (SSSR count). The monoisotopic (exact) mass is 1150 g/mol. The highest BCUT2D eigenvalue weighted by molar-refractivity contribution is 5.71. The molecule has 0 spiro atoms. The lowest BCUT2D eigenvalue weighted by molar-refractivity contribution is -0.167. The molecule has 0 aliphatic heterocycles. The van der Waals surface area contributed by atoms with Gasteiger partial charge < -0.3 is 14.2 Å². The fraction of sp³-hybridized carbons (Fsp3) is 0.701. The molecule has 0 heterocycles. The summed E-state index contributed by atoms with van der Waals surface area (Å²) in [7, 11) is 0. The largest absolute Gasteiger partial charge is 0.462 e. The van der Waals surface area contributed by atoms with Gasteiger partial charge in [0, 0.05) is 19.3 Å². The van der Waals surface area contributed by atoms with Crippen LogP contribution in [0.4, 0.5) is 0 Å². The van der Waals surface area contributed by atoms with Gasteiger partial charge in [0.25, 0.3) is 0 Å². The van der Waals surface area contributed by atoms with Crippen LogP contribution in [0.3, 0.4) is 0 Å². The van der Waals surface area contributed by atoms with Gasteiger partial charge in [-0.15, -0.1) is 0 Å². The summed E-state index contributed by atoms with van der Waals surface area (Å²) in [6.45, 7) is 6.51. The van der Waals surface area contributed by atoms with Crippen molar-refractivity contribution in [2.75, 3.05) is 13.2 Å². The molecule has 0 aliphatic rings. The molecule has 0 saturated carbocycles.